The van der Waals surface area contributed by atoms with Gasteiger partial charge in [0.15, 0.2) is 6.04 Å². The van der Waals surface area contributed by atoms with Crippen molar-refractivity contribution in [3.05, 3.63) is 95.5 Å². The van der Waals surface area contributed by atoms with Crippen LogP contribution in [0.15, 0.2) is 89.8 Å². The van der Waals surface area contributed by atoms with Gasteiger partial charge in [0.2, 0.25) is 5.91 Å². The molecule has 0 spiro atoms. The molecule has 4 aromatic carbocycles. The predicted molar refractivity (Wildman–Crippen MR) is 179 cm³/mol. The van der Waals surface area contributed by atoms with E-state index in [1.807, 2.05) is 48.5 Å². The number of nitrogens with zero attached hydrogens (tertiary/aromatic N) is 1. The van der Waals surface area contributed by atoms with Gasteiger partial charge in [0.05, 0.1) is 6.10 Å². The first kappa shape index (κ1) is 31.8. The fourth-order valence-corrected chi connectivity index (χ4v) is 7.16. The van der Waals surface area contributed by atoms with Gasteiger partial charge in [-0.15, -0.1) is 0 Å². The predicted octanol–water partition coefficient (Wildman–Crippen LogP) is 8.44. The summed E-state index contributed by atoms with van der Waals surface area (Å²) >= 11 is 7.06. The van der Waals surface area contributed by atoms with Gasteiger partial charge in [0.25, 0.3) is 5.92 Å². The monoisotopic (exact) mass is 649 g/mol. The number of likely N-dealkylation sites (tertiary alicyclic amines) is 1. The molecule has 45 heavy (non-hydrogen) atoms. The molecule has 2 aliphatic rings. The number of piperidine rings is 1. The summed E-state index contributed by atoms with van der Waals surface area (Å²) in [6, 6.07) is 23.3. The standard InChI is InChI=1S/C36H38ClF2N3O2S/c37-30-13-7-26(8-14-30)25-5-11-29(12-6-25)36(38,39)34(35(43)42-19-17-24(23-40)18-20-42)41-45-33-16-10-27-21-32(15-9-28(27)22-33)44-31-3-1-2-4-31/h5-16,21-22,24,31,34,41H,1-4,17-20,23,40H2. The van der Waals surface area contributed by atoms with Crippen molar-refractivity contribution in [2.45, 2.75) is 61.5 Å². The quantitative estimate of drug-likeness (QED) is 0.169. The van der Waals surface area contributed by atoms with E-state index in [0.29, 0.717) is 43.4 Å². The van der Waals surface area contributed by atoms with E-state index < -0.39 is 17.9 Å². The molecule has 1 saturated carbocycles. The van der Waals surface area contributed by atoms with E-state index in [0.717, 1.165) is 57.3 Å². The van der Waals surface area contributed by atoms with Crippen LogP contribution in [0.3, 0.4) is 0 Å². The molecule has 236 valence electrons. The summed E-state index contributed by atoms with van der Waals surface area (Å²) in [4.78, 5) is 16.0. The lowest BCUT2D eigenvalue weighted by atomic mass is 9.94. The minimum atomic E-state index is -3.48. The van der Waals surface area contributed by atoms with Gasteiger partial charge in [0.1, 0.15) is 5.75 Å². The van der Waals surface area contributed by atoms with Crippen molar-refractivity contribution in [3.8, 4) is 16.9 Å². The third kappa shape index (κ3) is 7.46. The Morgan fingerprint density at radius 3 is 2.20 bits per heavy atom. The van der Waals surface area contributed by atoms with Crippen LogP contribution in [-0.2, 0) is 10.7 Å². The third-order valence-corrected chi connectivity index (χ3v) is 10.1. The van der Waals surface area contributed by atoms with E-state index in [2.05, 4.69) is 4.72 Å². The number of carbonyl (C=O) groups is 1. The van der Waals surface area contributed by atoms with Gasteiger partial charge in [-0.05, 0) is 121 Å². The number of benzene rings is 4. The first-order valence-corrected chi connectivity index (χ1v) is 16.9. The molecule has 9 heteroatoms. The maximum atomic E-state index is 16.3. The molecule has 1 heterocycles. The molecule has 0 radical (unpaired) electrons. The zero-order valence-corrected chi connectivity index (χ0v) is 26.6. The number of amides is 1. The number of nitrogens with two attached hydrogens (primary N) is 1. The van der Waals surface area contributed by atoms with E-state index in [1.165, 1.54) is 25.0 Å². The van der Waals surface area contributed by atoms with Crippen LogP contribution in [0.5, 0.6) is 5.75 Å². The van der Waals surface area contributed by atoms with E-state index >= 15 is 8.78 Å². The molecule has 1 atom stereocenters. The Morgan fingerprint density at radius 1 is 0.911 bits per heavy atom. The van der Waals surface area contributed by atoms with Gasteiger partial charge in [0, 0.05) is 28.6 Å². The Morgan fingerprint density at radius 2 is 1.53 bits per heavy atom. The van der Waals surface area contributed by atoms with Crippen LogP contribution >= 0.6 is 23.5 Å². The summed E-state index contributed by atoms with van der Waals surface area (Å²) < 4.78 is 41.7. The highest BCUT2D eigenvalue weighted by molar-refractivity contribution is 7.97. The topological polar surface area (TPSA) is 67.6 Å². The average molecular weight is 650 g/mol. The Hall–Kier alpha value is -3.17. The molecule has 2 fully saturated rings. The summed E-state index contributed by atoms with van der Waals surface area (Å²) in [7, 11) is 0. The average Bonchev–Trinajstić information content (AvgIpc) is 3.58. The van der Waals surface area contributed by atoms with Gasteiger partial charge in [-0.25, -0.2) is 4.72 Å². The zero-order valence-electron chi connectivity index (χ0n) is 25.1. The third-order valence-electron chi connectivity index (χ3n) is 9.00. The normalized spacial score (nSPS) is 17.1. The molecule has 1 saturated heterocycles. The Labute approximate surface area is 272 Å². The highest BCUT2D eigenvalue weighted by atomic mass is 35.5. The molecule has 1 aliphatic heterocycles. The van der Waals surface area contributed by atoms with E-state index in [4.69, 9.17) is 22.1 Å². The van der Waals surface area contributed by atoms with Crippen LogP contribution in [0.2, 0.25) is 5.02 Å². The van der Waals surface area contributed by atoms with Crippen molar-refractivity contribution in [2.24, 2.45) is 11.7 Å². The molecule has 6 rings (SSSR count). The van der Waals surface area contributed by atoms with Gasteiger partial charge in [-0.1, -0.05) is 60.1 Å². The minimum absolute atomic E-state index is 0.225. The van der Waals surface area contributed by atoms with E-state index in [1.54, 1.807) is 29.2 Å². The fraction of sp³-hybridized carbons (Fsp3) is 0.361. The Balaban J connectivity index is 1.21. The number of alkyl halides is 2. The van der Waals surface area contributed by atoms with Crippen molar-refractivity contribution >= 4 is 40.2 Å². The van der Waals surface area contributed by atoms with E-state index in [9.17, 15) is 4.79 Å². The van der Waals surface area contributed by atoms with Crippen LogP contribution in [0.1, 0.15) is 44.1 Å². The molecule has 0 bridgehead atoms. The maximum absolute atomic E-state index is 16.3. The first-order valence-electron chi connectivity index (χ1n) is 15.7. The molecule has 4 aromatic rings. The number of ether oxygens (including phenoxy) is 1. The van der Waals surface area contributed by atoms with Crippen LogP contribution < -0.4 is 15.2 Å². The molecule has 0 aromatic heterocycles. The Bertz CT molecular complexity index is 1610. The highest BCUT2D eigenvalue weighted by Crippen LogP contribution is 2.37. The van der Waals surface area contributed by atoms with Crippen LogP contribution in [0.25, 0.3) is 21.9 Å². The van der Waals surface area contributed by atoms with Crippen molar-refractivity contribution in [1.29, 1.82) is 0 Å². The number of hydrogen-bond acceptors (Lipinski definition) is 5. The van der Waals surface area contributed by atoms with Gasteiger partial charge >= 0.3 is 0 Å². The highest BCUT2D eigenvalue weighted by Gasteiger charge is 2.48. The molecule has 5 nitrogen and oxygen atoms in total. The van der Waals surface area contributed by atoms with Gasteiger partial charge < -0.3 is 15.4 Å². The van der Waals surface area contributed by atoms with Gasteiger partial charge in [-0.3, -0.25) is 4.79 Å². The lowest BCUT2D eigenvalue weighted by molar-refractivity contribution is -0.145. The largest absolute Gasteiger partial charge is 0.490 e. The lowest BCUT2D eigenvalue weighted by Crippen LogP contribution is -2.54. The second kappa shape index (κ2) is 14.1. The molecule has 1 unspecified atom stereocenters. The lowest BCUT2D eigenvalue weighted by Gasteiger charge is -2.36. The van der Waals surface area contributed by atoms with Crippen molar-refractivity contribution in [3.63, 3.8) is 0 Å². The number of hydrogen-bond donors (Lipinski definition) is 2. The number of halogens is 3. The number of rotatable bonds is 10. The summed E-state index contributed by atoms with van der Waals surface area (Å²) in [5.41, 5.74) is 7.26. The molecular formula is C36H38ClF2N3O2S. The number of carbonyl (C=O) groups excluding carboxylic acids is 1. The Kier molecular flexibility index (Phi) is 9.95. The van der Waals surface area contributed by atoms with Crippen molar-refractivity contribution in [1.82, 2.24) is 9.62 Å². The first-order chi connectivity index (χ1) is 21.8. The SMILES string of the molecule is NCC1CCN(C(=O)C(NSc2ccc3cc(OC4CCCC4)ccc3c2)C(F)(F)c2ccc(-c3ccc(Cl)cc3)cc2)CC1. The second-order valence-electron chi connectivity index (χ2n) is 12.1. The smallest absolute Gasteiger partial charge is 0.298 e. The van der Waals surface area contributed by atoms with Crippen molar-refractivity contribution in [2.75, 3.05) is 19.6 Å². The van der Waals surface area contributed by atoms with Crippen LogP contribution in [-0.4, -0.2) is 42.6 Å². The fourth-order valence-electron chi connectivity index (χ4n) is 6.21. The molecule has 1 aliphatic carbocycles. The van der Waals surface area contributed by atoms with Crippen LogP contribution in [0, 0.1) is 5.92 Å². The molecule has 3 N–H and O–H groups in total. The van der Waals surface area contributed by atoms with Gasteiger partial charge in [-0.2, -0.15) is 8.78 Å². The number of fused-ring (bicyclic) bond motifs is 1. The number of nitrogens with one attached hydrogen (secondary N) is 1. The molecular weight excluding hydrogens is 612 g/mol. The van der Waals surface area contributed by atoms with Crippen molar-refractivity contribution < 1.29 is 18.3 Å². The minimum Gasteiger partial charge on any atom is -0.490 e. The summed E-state index contributed by atoms with van der Waals surface area (Å²) in [5, 5.41) is 2.58. The maximum Gasteiger partial charge on any atom is 0.298 e. The zero-order chi connectivity index (χ0) is 31.4. The van der Waals surface area contributed by atoms with E-state index in [-0.39, 0.29) is 11.7 Å². The summed E-state index contributed by atoms with van der Waals surface area (Å²) in [6.07, 6.45) is 6.26. The second-order valence-corrected chi connectivity index (χ2v) is 13.4. The van der Waals surface area contributed by atoms with Crippen LogP contribution in [0.4, 0.5) is 8.78 Å². The summed E-state index contributed by atoms with van der Waals surface area (Å²) in [6.45, 7) is 1.36. The molecule has 1 amide bonds. The summed E-state index contributed by atoms with van der Waals surface area (Å²) in [5.74, 6) is -2.94.